The topological polar surface area (TPSA) is 26.3 Å². The molecule has 0 heterocycles. The quantitative estimate of drug-likeness (QED) is 0.559. The van der Waals surface area contributed by atoms with E-state index in [2.05, 4.69) is 6.58 Å². The molecular formula is C14H18O2. The van der Waals surface area contributed by atoms with E-state index in [-0.39, 0.29) is 5.97 Å². The summed E-state index contributed by atoms with van der Waals surface area (Å²) in [5.41, 5.74) is 0.516. The lowest BCUT2D eigenvalue weighted by molar-refractivity contribution is -0.155. The Labute approximate surface area is 96.9 Å². The van der Waals surface area contributed by atoms with E-state index in [1.807, 2.05) is 44.2 Å². The summed E-state index contributed by atoms with van der Waals surface area (Å²) in [6.45, 7) is 7.47. The van der Waals surface area contributed by atoms with Crippen LogP contribution in [0.4, 0.5) is 0 Å². The van der Waals surface area contributed by atoms with Gasteiger partial charge >= 0.3 is 5.97 Å². The molecule has 0 N–H and O–H groups in total. The maximum absolute atomic E-state index is 11.4. The van der Waals surface area contributed by atoms with Gasteiger partial charge in [-0.2, -0.15) is 0 Å². The maximum atomic E-state index is 11.4. The maximum Gasteiger partial charge on any atom is 0.331 e. The first kappa shape index (κ1) is 12.5. The molecule has 0 aliphatic heterocycles. The molecule has 0 spiro atoms. The summed E-state index contributed by atoms with van der Waals surface area (Å²) < 4.78 is 5.51. The Morgan fingerprint density at radius 3 is 2.31 bits per heavy atom. The van der Waals surface area contributed by atoms with Crippen molar-refractivity contribution in [1.29, 1.82) is 0 Å². The van der Waals surface area contributed by atoms with E-state index >= 15 is 0 Å². The van der Waals surface area contributed by atoms with Gasteiger partial charge in [0.15, 0.2) is 0 Å². The van der Waals surface area contributed by atoms with E-state index in [4.69, 9.17) is 4.74 Å². The van der Waals surface area contributed by atoms with Gasteiger partial charge in [0.25, 0.3) is 0 Å². The highest BCUT2D eigenvalue weighted by Gasteiger charge is 2.31. The third-order valence-corrected chi connectivity index (χ3v) is 2.90. The predicted molar refractivity (Wildman–Crippen MR) is 65.0 cm³/mol. The zero-order valence-corrected chi connectivity index (χ0v) is 9.90. The Morgan fingerprint density at radius 1 is 1.31 bits per heavy atom. The molecule has 16 heavy (non-hydrogen) atoms. The second kappa shape index (κ2) is 5.50. The van der Waals surface area contributed by atoms with Crippen LogP contribution >= 0.6 is 0 Å². The van der Waals surface area contributed by atoms with Crippen LogP contribution in [0.1, 0.15) is 32.3 Å². The van der Waals surface area contributed by atoms with E-state index in [9.17, 15) is 4.79 Å². The summed E-state index contributed by atoms with van der Waals surface area (Å²) in [6.07, 6.45) is 2.73. The number of carbonyl (C=O) groups excluding carboxylic acids is 1. The molecule has 0 aromatic heterocycles. The highest BCUT2D eigenvalue weighted by molar-refractivity contribution is 5.81. The van der Waals surface area contributed by atoms with Gasteiger partial charge in [-0.05, 0) is 18.4 Å². The van der Waals surface area contributed by atoms with Gasteiger partial charge in [-0.1, -0.05) is 50.8 Å². The monoisotopic (exact) mass is 218 g/mol. The van der Waals surface area contributed by atoms with Crippen LogP contribution in [-0.2, 0) is 15.1 Å². The Balaban J connectivity index is 3.05. The Kier molecular flexibility index (Phi) is 4.29. The number of ether oxygens (including phenoxy) is 1. The predicted octanol–water partition coefficient (Wildman–Crippen LogP) is 3.43. The highest BCUT2D eigenvalue weighted by atomic mass is 16.6. The molecule has 1 aromatic rings. The fourth-order valence-electron chi connectivity index (χ4n) is 1.84. The fraction of sp³-hybridized carbons (Fsp3) is 0.357. The second-order valence-corrected chi connectivity index (χ2v) is 3.69. The van der Waals surface area contributed by atoms with Crippen molar-refractivity contribution in [3.8, 4) is 0 Å². The van der Waals surface area contributed by atoms with Gasteiger partial charge in [0.1, 0.15) is 5.60 Å². The Hall–Kier alpha value is -1.57. The zero-order chi connectivity index (χ0) is 12.0. The van der Waals surface area contributed by atoms with Gasteiger partial charge in [0.05, 0.1) is 0 Å². The first-order valence-corrected chi connectivity index (χ1v) is 5.59. The van der Waals surface area contributed by atoms with E-state index < -0.39 is 5.60 Å². The minimum Gasteiger partial charge on any atom is -0.451 e. The van der Waals surface area contributed by atoms with Gasteiger partial charge in [-0.15, -0.1) is 0 Å². The number of hydrogen-bond donors (Lipinski definition) is 0. The van der Waals surface area contributed by atoms with Crippen molar-refractivity contribution >= 4 is 5.97 Å². The molecule has 0 amide bonds. The average Bonchev–Trinajstić information content (AvgIpc) is 2.37. The molecular weight excluding hydrogens is 200 g/mol. The van der Waals surface area contributed by atoms with Crippen molar-refractivity contribution in [3.05, 3.63) is 48.6 Å². The fourth-order valence-corrected chi connectivity index (χ4v) is 1.84. The Bertz CT molecular complexity index is 350. The Morgan fingerprint density at radius 2 is 1.88 bits per heavy atom. The lowest BCUT2D eigenvalue weighted by atomic mass is 9.88. The molecule has 0 atom stereocenters. The molecule has 0 unspecified atom stereocenters. The van der Waals surface area contributed by atoms with Gasteiger partial charge in [-0.3, -0.25) is 0 Å². The minimum atomic E-state index is -0.521. The number of carbonyl (C=O) groups is 1. The summed E-state index contributed by atoms with van der Waals surface area (Å²) in [4.78, 5) is 11.4. The van der Waals surface area contributed by atoms with Gasteiger partial charge in [0.2, 0.25) is 0 Å². The SMILES string of the molecule is C=CC(=O)OC(CC)(CC)c1ccccc1. The van der Waals surface area contributed by atoms with Crippen LogP contribution < -0.4 is 0 Å². The van der Waals surface area contributed by atoms with Gasteiger partial charge in [0, 0.05) is 6.08 Å². The van der Waals surface area contributed by atoms with Crippen LogP contribution in [0.3, 0.4) is 0 Å². The molecule has 2 heteroatoms. The zero-order valence-electron chi connectivity index (χ0n) is 9.90. The van der Waals surface area contributed by atoms with E-state index in [1.54, 1.807) is 0 Å². The molecule has 0 bridgehead atoms. The molecule has 1 rings (SSSR count). The number of esters is 1. The van der Waals surface area contributed by atoms with Gasteiger partial charge in [-0.25, -0.2) is 4.79 Å². The molecule has 0 radical (unpaired) electrons. The van der Waals surface area contributed by atoms with Gasteiger partial charge < -0.3 is 4.74 Å². The summed E-state index contributed by atoms with van der Waals surface area (Å²) in [6, 6.07) is 9.84. The third-order valence-electron chi connectivity index (χ3n) is 2.90. The highest BCUT2D eigenvalue weighted by Crippen LogP contribution is 2.33. The van der Waals surface area contributed by atoms with Crippen LogP contribution in [0.25, 0.3) is 0 Å². The normalized spacial score (nSPS) is 10.9. The first-order chi connectivity index (χ1) is 7.68. The van der Waals surface area contributed by atoms with Crippen LogP contribution in [0.2, 0.25) is 0 Å². The van der Waals surface area contributed by atoms with E-state index in [1.165, 1.54) is 6.08 Å². The number of rotatable bonds is 5. The van der Waals surface area contributed by atoms with Crippen LogP contribution in [0, 0.1) is 0 Å². The molecule has 86 valence electrons. The summed E-state index contributed by atoms with van der Waals surface area (Å²) >= 11 is 0. The van der Waals surface area contributed by atoms with Crippen LogP contribution in [0.15, 0.2) is 43.0 Å². The largest absolute Gasteiger partial charge is 0.451 e. The molecule has 1 aromatic carbocycles. The summed E-state index contributed by atoms with van der Waals surface area (Å²) in [5, 5.41) is 0. The first-order valence-electron chi connectivity index (χ1n) is 5.59. The van der Waals surface area contributed by atoms with Crippen molar-refractivity contribution in [3.63, 3.8) is 0 Å². The molecule has 0 aliphatic rings. The standard InChI is InChI=1S/C14H18O2/c1-4-13(15)16-14(5-2,6-3)12-10-8-7-9-11-12/h4,7-11H,1,5-6H2,2-3H3. The number of benzene rings is 1. The number of hydrogen-bond acceptors (Lipinski definition) is 2. The van der Waals surface area contributed by atoms with E-state index in [0.717, 1.165) is 18.4 Å². The van der Waals surface area contributed by atoms with Crippen LogP contribution in [0.5, 0.6) is 0 Å². The summed E-state index contributed by atoms with van der Waals surface area (Å²) in [5.74, 6) is -0.368. The smallest absolute Gasteiger partial charge is 0.331 e. The minimum absolute atomic E-state index is 0.368. The molecule has 0 saturated heterocycles. The summed E-state index contributed by atoms with van der Waals surface area (Å²) in [7, 11) is 0. The second-order valence-electron chi connectivity index (χ2n) is 3.69. The third kappa shape index (κ3) is 2.51. The molecule has 0 aliphatic carbocycles. The molecule has 0 saturated carbocycles. The lowest BCUT2D eigenvalue weighted by Crippen LogP contribution is -2.30. The van der Waals surface area contributed by atoms with Crippen molar-refractivity contribution in [2.24, 2.45) is 0 Å². The van der Waals surface area contributed by atoms with E-state index in [0.29, 0.717) is 0 Å². The lowest BCUT2D eigenvalue weighted by Gasteiger charge is -2.31. The average molecular weight is 218 g/mol. The van der Waals surface area contributed by atoms with Crippen molar-refractivity contribution in [1.82, 2.24) is 0 Å². The van der Waals surface area contributed by atoms with Crippen molar-refractivity contribution < 1.29 is 9.53 Å². The van der Waals surface area contributed by atoms with Crippen molar-refractivity contribution in [2.75, 3.05) is 0 Å². The molecule has 0 fully saturated rings. The van der Waals surface area contributed by atoms with Crippen molar-refractivity contribution in [2.45, 2.75) is 32.3 Å². The molecule has 2 nitrogen and oxygen atoms in total. The van der Waals surface area contributed by atoms with Crippen LogP contribution in [-0.4, -0.2) is 5.97 Å².